The Morgan fingerprint density at radius 2 is 2.22 bits per heavy atom. The van der Waals surface area contributed by atoms with Crippen LogP contribution in [0.2, 0.25) is 0 Å². The lowest BCUT2D eigenvalue weighted by Gasteiger charge is -2.36. The van der Waals surface area contributed by atoms with Gasteiger partial charge in [0.2, 0.25) is 0 Å². The summed E-state index contributed by atoms with van der Waals surface area (Å²) in [6, 6.07) is 5.81. The van der Waals surface area contributed by atoms with E-state index in [2.05, 4.69) is 24.8 Å². The van der Waals surface area contributed by atoms with E-state index >= 15 is 0 Å². The molecular formula is C15H24N2O. The molecule has 2 unspecified atom stereocenters. The second-order valence-electron chi connectivity index (χ2n) is 5.63. The molecule has 0 aromatic heterocycles. The summed E-state index contributed by atoms with van der Waals surface area (Å²) >= 11 is 0. The zero-order valence-corrected chi connectivity index (χ0v) is 11.4. The van der Waals surface area contributed by atoms with Crippen molar-refractivity contribution < 1.29 is 5.11 Å². The Hall–Kier alpha value is -1.06. The van der Waals surface area contributed by atoms with E-state index in [9.17, 15) is 5.11 Å². The Balaban J connectivity index is 2.03. The average molecular weight is 248 g/mol. The molecule has 3 heteroatoms. The van der Waals surface area contributed by atoms with Crippen molar-refractivity contribution in [2.75, 3.05) is 19.6 Å². The van der Waals surface area contributed by atoms with Crippen molar-refractivity contribution in [2.24, 2.45) is 17.6 Å². The van der Waals surface area contributed by atoms with Crippen molar-refractivity contribution in [3.63, 3.8) is 0 Å². The lowest BCUT2D eigenvalue weighted by Crippen LogP contribution is -2.42. The molecule has 3 N–H and O–H groups in total. The van der Waals surface area contributed by atoms with Gasteiger partial charge in [-0.3, -0.25) is 4.90 Å². The standard InChI is InChI=1S/C15H24N2O/c1-11-3-4-15(18)13(7-11)9-17-6-5-12(2)14(8-16)10-17/h3-4,7,12,14,18H,5-6,8-10,16H2,1-2H3. The highest BCUT2D eigenvalue weighted by Gasteiger charge is 2.25. The van der Waals surface area contributed by atoms with Gasteiger partial charge in [0, 0.05) is 18.7 Å². The highest BCUT2D eigenvalue weighted by Crippen LogP contribution is 2.26. The Labute approximate surface area is 110 Å². The van der Waals surface area contributed by atoms with E-state index in [0.29, 0.717) is 11.7 Å². The monoisotopic (exact) mass is 248 g/mol. The van der Waals surface area contributed by atoms with E-state index < -0.39 is 0 Å². The Kier molecular flexibility index (Phi) is 4.25. The highest BCUT2D eigenvalue weighted by molar-refractivity contribution is 5.35. The Morgan fingerprint density at radius 3 is 2.94 bits per heavy atom. The minimum atomic E-state index is 0.406. The first-order valence-electron chi connectivity index (χ1n) is 6.81. The summed E-state index contributed by atoms with van der Waals surface area (Å²) in [6.07, 6.45) is 1.20. The van der Waals surface area contributed by atoms with Crippen LogP contribution in [0.3, 0.4) is 0 Å². The fraction of sp³-hybridized carbons (Fsp3) is 0.600. The third-order valence-corrected chi connectivity index (χ3v) is 4.13. The quantitative estimate of drug-likeness (QED) is 0.861. The first-order valence-corrected chi connectivity index (χ1v) is 6.81. The van der Waals surface area contributed by atoms with Gasteiger partial charge in [-0.2, -0.15) is 0 Å². The van der Waals surface area contributed by atoms with Gasteiger partial charge in [0.05, 0.1) is 0 Å². The van der Waals surface area contributed by atoms with Crippen LogP contribution in [0.15, 0.2) is 18.2 Å². The minimum absolute atomic E-state index is 0.406. The first kappa shape index (κ1) is 13.4. The molecule has 1 fully saturated rings. The first-order chi connectivity index (χ1) is 8.60. The van der Waals surface area contributed by atoms with Crippen LogP contribution in [0.25, 0.3) is 0 Å². The summed E-state index contributed by atoms with van der Waals surface area (Å²) in [7, 11) is 0. The number of likely N-dealkylation sites (tertiary alicyclic amines) is 1. The molecule has 0 saturated carbocycles. The van der Waals surface area contributed by atoms with Crippen LogP contribution in [0.4, 0.5) is 0 Å². The molecule has 100 valence electrons. The van der Waals surface area contributed by atoms with Crippen LogP contribution in [-0.2, 0) is 6.54 Å². The van der Waals surface area contributed by atoms with Crippen molar-refractivity contribution in [1.29, 1.82) is 0 Å². The maximum Gasteiger partial charge on any atom is 0.120 e. The topological polar surface area (TPSA) is 49.5 Å². The number of nitrogens with zero attached hydrogens (tertiary/aromatic N) is 1. The molecule has 2 rings (SSSR count). The van der Waals surface area contributed by atoms with E-state index in [4.69, 9.17) is 5.73 Å². The largest absolute Gasteiger partial charge is 0.508 e. The molecule has 1 saturated heterocycles. The molecule has 1 aromatic carbocycles. The van der Waals surface area contributed by atoms with Gasteiger partial charge in [0.1, 0.15) is 5.75 Å². The van der Waals surface area contributed by atoms with Crippen LogP contribution in [0.5, 0.6) is 5.75 Å². The summed E-state index contributed by atoms with van der Waals surface area (Å²) in [5.41, 5.74) is 8.05. The third-order valence-electron chi connectivity index (χ3n) is 4.13. The molecule has 0 amide bonds. The number of aryl methyl sites for hydroxylation is 1. The average Bonchev–Trinajstić information content (AvgIpc) is 2.36. The molecule has 3 nitrogen and oxygen atoms in total. The highest BCUT2D eigenvalue weighted by atomic mass is 16.3. The third kappa shape index (κ3) is 3.03. The van der Waals surface area contributed by atoms with Gasteiger partial charge in [-0.05, 0) is 44.3 Å². The number of aromatic hydroxyl groups is 1. The molecule has 0 spiro atoms. The summed E-state index contributed by atoms with van der Waals surface area (Å²) in [5.74, 6) is 1.71. The van der Waals surface area contributed by atoms with E-state index in [1.165, 1.54) is 12.0 Å². The predicted octanol–water partition coefficient (Wildman–Crippen LogP) is 2.12. The number of hydrogen-bond donors (Lipinski definition) is 2. The van der Waals surface area contributed by atoms with Gasteiger partial charge in [-0.1, -0.05) is 24.6 Å². The molecule has 0 aliphatic carbocycles. The molecule has 1 heterocycles. The Morgan fingerprint density at radius 1 is 1.44 bits per heavy atom. The van der Waals surface area contributed by atoms with Gasteiger partial charge in [-0.25, -0.2) is 0 Å². The lowest BCUT2D eigenvalue weighted by atomic mass is 9.87. The second kappa shape index (κ2) is 5.72. The summed E-state index contributed by atoms with van der Waals surface area (Å²) in [6.45, 7) is 8.09. The van der Waals surface area contributed by atoms with Crippen LogP contribution in [0, 0.1) is 18.8 Å². The predicted molar refractivity (Wildman–Crippen MR) is 74.4 cm³/mol. The maximum atomic E-state index is 9.89. The molecule has 1 aliphatic heterocycles. The number of rotatable bonds is 3. The van der Waals surface area contributed by atoms with Crippen molar-refractivity contribution in [1.82, 2.24) is 4.90 Å². The van der Waals surface area contributed by atoms with Crippen molar-refractivity contribution >= 4 is 0 Å². The number of phenolic OH excluding ortho intramolecular Hbond substituents is 1. The smallest absolute Gasteiger partial charge is 0.120 e. The number of benzene rings is 1. The van der Waals surface area contributed by atoms with Gasteiger partial charge < -0.3 is 10.8 Å². The minimum Gasteiger partial charge on any atom is -0.508 e. The van der Waals surface area contributed by atoms with Gasteiger partial charge >= 0.3 is 0 Å². The second-order valence-corrected chi connectivity index (χ2v) is 5.63. The molecule has 1 aliphatic rings. The SMILES string of the molecule is Cc1ccc(O)c(CN2CCC(C)C(CN)C2)c1. The molecule has 0 radical (unpaired) electrons. The molecular weight excluding hydrogens is 224 g/mol. The van der Waals surface area contributed by atoms with Crippen LogP contribution >= 0.6 is 0 Å². The van der Waals surface area contributed by atoms with Crippen LogP contribution in [-0.4, -0.2) is 29.6 Å². The molecule has 18 heavy (non-hydrogen) atoms. The zero-order valence-electron chi connectivity index (χ0n) is 11.4. The number of phenols is 1. The lowest BCUT2D eigenvalue weighted by molar-refractivity contribution is 0.125. The fourth-order valence-electron chi connectivity index (χ4n) is 2.76. The molecule has 2 atom stereocenters. The van der Waals surface area contributed by atoms with Gasteiger partial charge in [-0.15, -0.1) is 0 Å². The molecule has 1 aromatic rings. The maximum absolute atomic E-state index is 9.89. The van der Waals surface area contributed by atoms with Crippen molar-refractivity contribution in [2.45, 2.75) is 26.8 Å². The zero-order chi connectivity index (χ0) is 13.1. The van der Waals surface area contributed by atoms with Crippen molar-refractivity contribution in [3.8, 4) is 5.75 Å². The van der Waals surface area contributed by atoms with Crippen LogP contribution < -0.4 is 5.73 Å². The summed E-state index contributed by atoms with van der Waals surface area (Å²) < 4.78 is 0. The normalized spacial score (nSPS) is 25.3. The van der Waals surface area contributed by atoms with E-state index in [-0.39, 0.29) is 0 Å². The van der Waals surface area contributed by atoms with Gasteiger partial charge in [0.15, 0.2) is 0 Å². The van der Waals surface area contributed by atoms with E-state index in [1.54, 1.807) is 6.07 Å². The van der Waals surface area contributed by atoms with Crippen molar-refractivity contribution in [3.05, 3.63) is 29.3 Å². The van der Waals surface area contributed by atoms with Crippen LogP contribution in [0.1, 0.15) is 24.5 Å². The fourth-order valence-corrected chi connectivity index (χ4v) is 2.76. The molecule has 0 bridgehead atoms. The summed E-state index contributed by atoms with van der Waals surface area (Å²) in [4.78, 5) is 2.41. The number of piperidine rings is 1. The van der Waals surface area contributed by atoms with E-state index in [1.807, 2.05) is 6.07 Å². The number of hydrogen-bond acceptors (Lipinski definition) is 3. The Bertz CT molecular complexity index is 405. The number of nitrogens with two attached hydrogens (primary N) is 1. The summed E-state index contributed by atoms with van der Waals surface area (Å²) in [5, 5.41) is 9.89. The van der Waals surface area contributed by atoms with Gasteiger partial charge in [0.25, 0.3) is 0 Å². The van der Waals surface area contributed by atoms with E-state index in [0.717, 1.165) is 37.7 Å².